The molecule has 0 aliphatic carbocycles. The van der Waals surface area contributed by atoms with Gasteiger partial charge in [0.05, 0.1) is 60.4 Å². The van der Waals surface area contributed by atoms with Gasteiger partial charge in [0.1, 0.15) is 0 Å². The summed E-state index contributed by atoms with van der Waals surface area (Å²) in [5.41, 5.74) is 9.09. The van der Waals surface area contributed by atoms with Gasteiger partial charge in [-0.15, -0.1) is 10.2 Å². The van der Waals surface area contributed by atoms with Crippen molar-refractivity contribution in [2.75, 3.05) is 77.6 Å². The van der Waals surface area contributed by atoms with Gasteiger partial charge < -0.3 is 25.0 Å². The van der Waals surface area contributed by atoms with E-state index in [-0.39, 0.29) is 12.1 Å². The molecule has 0 amide bonds. The van der Waals surface area contributed by atoms with E-state index in [1.165, 1.54) is 5.56 Å². The number of hydrazine groups is 1. The molecule has 16 heteroatoms. The van der Waals surface area contributed by atoms with Crippen LogP contribution in [0.1, 0.15) is 23.2 Å². The molecule has 2 aliphatic rings. The number of hydrogen-bond donors (Lipinski definition) is 2. The maximum atomic E-state index is 5.37. The molecule has 0 bridgehead atoms. The second kappa shape index (κ2) is 16.8. The van der Waals surface area contributed by atoms with Crippen molar-refractivity contribution in [3.8, 4) is 34.3 Å². The van der Waals surface area contributed by atoms with E-state index in [9.17, 15) is 0 Å². The van der Waals surface area contributed by atoms with Crippen LogP contribution in [0.5, 0.6) is 11.8 Å². The Hall–Kier alpha value is -6.98. The molecule has 314 valence electrons. The van der Waals surface area contributed by atoms with E-state index in [0.717, 1.165) is 89.8 Å². The van der Waals surface area contributed by atoms with Gasteiger partial charge in [0.25, 0.3) is 11.9 Å². The molecule has 2 saturated heterocycles. The van der Waals surface area contributed by atoms with Gasteiger partial charge in [-0.05, 0) is 85.9 Å². The molecular weight excluding hydrogens is 781 g/mol. The van der Waals surface area contributed by atoms with E-state index in [0.29, 0.717) is 23.7 Å². The lowest BCUT2D eigenvalue weighted by molar-refractivity contribution is 0.115. The first-order chi connectivity index (χ1) is 30.4. The average Bonchev–Trinajstić information content (AvgIpc) is 3.96. The Kier molecular flexibility index (Phi) is 10.6. The molecule has 8 heterocycles. The van der Waals surface area contributed by atoms with E-state index in [1.807, 2.05) is 80.0 Å². The minimum Gasteiger partial charge on any atom is -0.481 e. The van der Waals surface area contributed by atoms with Crippen LogP contribution in [0, 0.1) is 0 Å². The normalized spacial score (nSPS) is 17.4. The van der Waals surface area contributed by atoms with Crippen LogP contribution in [0.15, 0.2) is 122 Å². The lowest BCUT2D eigenvalue weighted by Crippen LogP contribution is -2.45. The lowest BCUT2D eigenvalue weighted by atomic mass is 10.0. The van der Waals surface area contributed by atoms with E-state index in [1.54, 1.807) is 26.6 Å². The van der Waals surface area contributed by atoms with Gasteiger partial charge in [-0.3, -0.25) is 4.90 Å². The Labute approximate surface area is 359 Å². The highest BCUT2D eigenvalue weighted by molar-refractivity contribution is 5.75. The fraction of sp³-hybridized carbons (Fsp3) is 0.261. The summed E-state index contributed by atoms with van der Waals surface area (Å²) < 4.78 is 14.5. The minimum atomic E-state index is 0.108. The molecule has 10 rings (SSSR count). The Morgan fingerprint density at radius 2 is 1.19 bits per heavy atom. The molecule has 2 fully saturated rings. The average molecular weight is 829 g/mol. The molecule has 2 aromatic carbocycles. The van der Waals surface area contributed by atoms with Gasteiger partial charge in [0, 0.05) is 87.0 Å². The number of likely N-dealkylation sites (N-methyl/N-ethyl adjacent to an activating group) is 2. The molecule has 62 heavy (non-hydrogen) atoms. The maximum Gasteiger partial charge on any atom is 0.267 e. The summed E-state index contributed by atoms with van der Waals surface area (Å²) in [4.78, 5) is 24.0. The number of nitrogens with one attached hydrogen (secondary N) is 2. The minimum absolute atomic E-state index is 0.108. The zero-order valence-electron chi connectivity index (χ0n) is 35.1. The number of aromatic nitrogens is 8. The first-order valence-electron chi connectivity index (χ1n) is 20.8. The van der Waals surface area contributed by atoms with Crippen LogP contribution in [0.4, 0.5) is 23.3 Å². The zero-order valence-corrected chi connectivity index (χ0v) is 35.1. The zero-order chi connectivity index (χ0) is 42.2. The Morgan fingerprint density at radius 3 is 1.73 bits per heavy atom. The van der Waals surface area contributed by atoms with Crippen LogP contribution < -0.4 is 30.1 Å². The molecule has 2 unspecified atom stereocenters. The van der Waals surface area contributed by atoms with Gasteiger partial charge in [0.2, 0.25) is 11.8 Å². The smallest absolute Gasteiger partial charge is 0.267 e. The van der Waals surface area contributed by atoms with Crippen LogP contribution in [0.3, 0.4) is 0 Å². The fourth-order valence-corrected chi connectivity index (χ4v) is 8.36. The number of fused-ring (bicyclic) bond motifs is 2. The first kappa shape index (κ1) is 39.2. The standard InChI is InChI=1S/C46H48N14O2/c1-55-21-22-56(2)42(30-55)32-8-6-10-36(24-32)60(46-52-28-38-14-16-41(58(38)54-46)34-12-18-44(62-4)50-26-34)59(35-9-5-7-31(23-35)39-29-47-19-20-48-39)45-51-27-37-13-15-40(57(37)53-45)33-11-17-43(61-3)49-25-33/h5-18,23-28,39,42,47-48H,19-22,29-30H2,1-4H3. The number of pyridine rings is 2. The van der Waals surface area contributed by atoms with Crippen molar-refractivity contribution < 1.29 is 9.47 Å². The Bertz CT molecular complexity index is 2820. The fourth-order valence-electron chi connectivity index (χ4n) is 8.36. The van der Waals surface area contributed by atoms with Crippen LogP contribution in [-0.4, -0.2) is 117 Å². The number of hydrogen-bond acceptors (Lipinski definition) is 14. The largest absolute Gasteiger partial charge is 0.481 e. The number of methoxy groups -OCH3 is 2. The third kappa shape index (κ3) is 7.53. The number of benzene rings is 2. The predicted molar refractivity (Wildman–Crippen MR) is 239 cm³/mol. The summed E-state index contributed by atoms with van der Waals surface area (Å²) in [6.45, 7) is 5.47. The van der Waals surface area contributed by atoms with E-state index in [2.05, 4.69) is 93.0 Å². The molecular formula is C46H48N14O2. The number of anilines is 4. The summed E-state index contributed by atoms with van der Waals surface area (Å²) >= 11 is 0. The van der Waals surface area contributed by atoms with E-state index in [4.69, 9.17) is 29.6 Å². The molecule has 16 nitrogen and oxygen atoms in total. The van der Waals surface area contributed by atoms with Gasteiger partial charge in [-0.2, -0.15) is 0 Å². The van der Waals surface area contributed by atoms with E-state index < -0.39 is 0 Å². The Morgan fingerprint density at radius 1 is 0.613 bits per heavy atom. The van der Waals surface area contributed by atoms with Crippen molar-refractivity contribution in [1.82, 2.24) is 59.6 Å². The van der Waals surface area contributed by atoms with Crippen molar-refractivity contribution in [2.45, 2.75) is 12.1 Å². The van der Waals surface area contributed by atoms with Crippen molar-refractivity contribution in [3.63, 3.8) is 0 Å². The van der Waals surface area contributed by atoms with Crippen LogP contribution in [-0.2, 0) is 0 Å². The van der Waals surface area contributed by atoms with Gasteiger partial charge >= 0.3 is 0 Å². The predicted octanol–water partition coefficient (Wildman–Crippen LogP) is 5.96. The molecule has 8 aromatic rings. The van der Waals surface area contributed by atoms with Gasteiger partial charge in [0.15, 0.2) is 0 Å². The van der Waals surface area contributed by atoms with Gasteiger partial charge in [-0.1, -0.05) is 24.3 Å². The highest BCUT2D eigenvalue weighted by Gasteiger charge is 2.31. The molecule has 2 aliphatic heterocycles. The summed E-state index contributed by atoms with van der Waals surface area (Å²) in [6, 6.07) is 33.2. The highest BCUT2D eigenvalue weighted by Crippen LogP contribution is 2.38. The van der Waals surface area contributed by atoms with Crippen LogP contribution >= 0.6 is 0 Å². The molecule has 6 aromatic heterocycles. The summed E-state index contributed by atoms with van der Waals surface area (Å²) in [5, 5.41) is 21.9. The topological polar surface area (TPSA) is 142 Å². The molecule has 2 N–H and O–H groups in total. The number of rotatable bonds is 11. The Balaban J connectivity index is 1.19. The number of ether oxygens (including phenoxy) is 2. The third-order valence-electron chi connectivity index (χ3n) is 11.7. The lowest BCUT2D eigenvalue weighted by Gasteiger charge is -2.39. The third-order valence-corrected chi connectivity index (χ3v) is 11.7. The maximum absolute atomic E-state index is 5.37. The van der Waals surface area contributed by atoms with Crippen molar-refractivity contribution in [3.05, 3.63) is 133 Å². The summed E-state index contributed by atoms with van der Waals surface area (Å²) in [7, 11) is 7.60. The quantitative estimate of drug-likeness (QED) is 0.148. The molecule has 0 spiro atoms. The van der Waals surface area contributed by atoms with Crippen LogP contribution in [0.2, 0.25) is 0 Å². The molecule has 0 saturated carbocycles. The number of piperazine rings is 2. The summed E-state index contributed by atoms with van der Waals surface area (Å²) in [5.74, 6) is 1.88. The second-order valence-corrected chi connectivity index (χ2v) is 15.7. The molecule has 0 radical (unpaired) electrons. The number of nitrogens with zero attached hydrogens (tertiary/aromatic N) is 12. The molecule has 2 atom stereocenters. The van der Waals surface area contributed by atoms with Crippen molar-refractivity contribution in [1.29, 1.82) is 0 Å². The highest BCUT2D eigenvalue weighted by atomic mass is 16.5. The van der Waals surface area contributed by atoms with Crippen LogP contribution in [0.25, 0.3) is 33.5 Å². The first-order valence-corrected chi connectivity index (χ1v) is 20.8. The second-order valence-electron chi connectivity index (χ2n) is 15.7. The SMILES string of the molecule is COc1ccc(-c2ccc3cnc(N(c4cccc(C5CNCCN5)c4)N(c4cccc(C5CN(C)CCN5C)c4)c4ncc5ccc(-c6ccc(OC)nc6)n5n4)nn23)cn1. The van der Waals surface area contributed by atoms with E-state index >= 15 is 0 Å². The summed E-state index contributed by atoms with van der Waals surface area (Å²) in [6.07, 6.45) is 7.28. The van der Waals surface area contributed by atoms with Gasteiger partial charge in [-0.25, -0.2) is 39.0 Å². The monoisotopic (exact) mass is 828 g/mol. The van der Waals surface area contributed by atoms with Crippen molar-refractivity contribution >= 4 is 34.3 Å². The van der Waals surface area contributed by atoms with Crippen molar-refractivity contribution in [2.24, 2.45) is 0 Å².